The highest BCUT2D eigenvalue weighted by Gasteiger charge is 2.24. The number of rotatable bonds is 7. The summed E-state index contributed by atoms with van der Waals surface area (Å²) in [6.45, 7) is 1.31. The van der Waals surface area contributed by atoms with Crippen molar-refractivity contribution in [3.05, 3.63) is 24.3 Å². The van der Waals surface area contributed by atoms with Crippen LogP contribution < -0.4 is 9.47 Å². The number of ether oxygens (including phenoxy) is 2. The normalized spacial score (nSPS) is 17.9. The van der Waals surface area contributed by atoms with E-state index in [-0.39, 0.29) is 25.1 Å². The molecule has 0 bridgehead atoms. The van der Waals surface area contributed by atoms with Gasteiger partial charge in [0, 0.05) is 25.2 Å². The first kappa shape index (κ1) is 19.1. The van der Waals surface area contributed by atoms with Crippen molar-refractivity contribution in [2.45, 2.75) is 25.3 Å². The van der Waals surface area contributed by atoms with E-state index in [0.717, 1.165) is 19.3 Å². The van der Waals surface area contributed by atoms with Gasteiger partial charge in [0.15, 0.2) is 6.61 Å². The van der Waals surface area contributed by atoms with Crippen LogP contribution in [0.25, 0.3) is 0 Å². The Morgan fingerprint density at radius 2 is 2.04 bits per heavy atom. The molecule has 25 heavy (non-hydrogen) atoms. The summed E-state index contributed by atoms with van der Waals surface area (Å²) in [6.07, 6.45) is 2.53. The number of hydrogen-bond acceptors (Lipinski definition) is 5. The molecule has 1 N–H and O–H groups in total. The van der Waals surface area contributed by atoms with E-state index in [1.54, 1.807) is 24.1 Å². The molecule has 7 nitrogen and oxygen atoms in total. The maximum absolute atomic E-state index is 12.4. The van der Waals surface area contributed by atoms with E-state index in [2.05, 4.69) is 0 Å². The highest BCUT2D eigenvalue weighted by molar-refractivity contribution is 5.77. The van der Waals surface area contributed by atoms with Crippen LogP contribution in [0.1, 0.15) is 19.3 Å². The lowest BCUT2D eigenvalue weighted by Crippen LogP contribution is -2.38. The molecule has 1 amide bonds. The second kappa shape index (κ2) is 9.27. The van der Waals surface area contributed by atoms with E-state index < -0.39 is 5.97 Å². The maximum atomic E-state index is 12.4. The summed E-state index contributed by atoms with van der Waals surface area (Å²) >= 11 is 0. The molecule has 1 aliphatic rings. The molecule has 1 aromatic rings. The second-order valence-electron chi connectivity index (χ2n) is 6.24. The van der Waals surface area contributed by atoms with Gasteiger partial charge >= 0.3 is 5.97 Å². The van der Waals surface area contributed by atoms with Gasteiger partial charge in [-0.1, -0.05) is 6.07 Å². The number of methoxy groups -OCH3 is 1. The minimum Gasteiger partial charge on any atom is -0.497 e. The van der Waals surface area contributed by atoms with Crippen molar-refractivity contribution >= 4 is 11.9 Å². The Morgan fingerprint density at radius 1 is 1.28 bits per heavy atom. The van der Waals surface area contributed by atoms with E-state index in [0.29, 0.717) is 24.6 Å². The Hall–Kier alpha value is -2.28. The Bertz CT molecular complexity index is 593. The largest absolute Gasteiger partial charge is 0.497 e. The fourth-order valence-corrected chi connectivity index (χ4v) is 3.04. The van der Waals surface area contributed by atoms with Gasteiger partial charge in [0.1, 0.15) is 11.5 Å². The van der Waals surface area contributed by atoms with E-state index in [1.165, 1.54) is 0 Å². The molecule has 1 heterocycles. The fourth-order valence-electron chi connectivity index (χ4n) is 3.04. The van der Waals surface area contributed by atoms with Crippen LogP contribution in [-0.2, 0) is 9.59 Å². The summed E-state index contributed by atoms with van der Waals surface area (Å²) in [4.78, 5) is 26.9. The monoisotopic (exact) mass is 350 g/mol. The first-order valence-corrected chi connectivity index (χ1v) is 8.46. The first-order chi connectivity index (χ1) is 12.0. The Balaban J connectivity index is 1.82. The van der Waals surface area contributed by atoms with Gasteiger partial charge in [-0.2, -0.15) is 0 Å². The number of likely N-dealkylation sites (N-methyl/N-ethyl adjacent to an activating group) is 1. The number of amides is 1. The number of carbonyl (C=O) groups is 2. The molecule has 2 rings (SSSR count). The minimum absolute atomic E-state index is 0.0111. The molecular weight excluding hydrogens is 324 g/mol. The van der Waals surface area contributed by atoms with Crippen molar-refractivity contribution in [1.82, 2.24) is 9.80 Å². The van der Waals surface area contributed by atoms with Crippen molar-refractivity contribution < 1.29 is 24.2 Å². The highest BCUT2D eigenvalue weighted by atomic mass is 16.5. The molecule has 7 heteroatoms. The molecule has 1 saturated heterocycles. The molecule has 0 radical (unpaired) electrons. The van der Waals surface area contributed by atoms with Crippen molar-refractivity contribution in [2.24, 2.45) is 0 Å². The van der Waals surface area contributed by atoms with Crippen LogP contribution in [0, 0.1) is 0 Å². The minimum atomic E-state index is -0.827. The van der Waals surface area contributed by atoms with E-state index >= 15 is 0 Å². The Kier molecular flexibility index (Phi) is 7.06. The molecule has 0 aromatic heterocycles. The molecule has 1 fully saturated rings. The number of benzene rings is 1. The van der Waals surface area contributed by atoms with Crippen LogP contribution in [0.5, 0.6) is 11.5 Å². The molecule has 0 spiro atoms. The van der Waals surface area contributed by atoms with Crippen molar-refractivity contribution in [3.63, 3.8) is 0 Å². The summed E-state index contributed by atoms with van der Waals surface area (Å²) in [5, 5.41) is 8.91. The number of carboxylic acid groups (broad SMARTS) is 1. The fraction of sp³-hybridized carbons (Fsp3) is 0.556. The third kappa shape index (κ3) is 5.94. The standard InChI is InChI=1S/C18H26N2O5/c1-19(12-18(22)23)14-5-4-9-20(10-8-14)17(21)13-25-16-7-3-6-15(11-16)24-2/h3,6-7,11,14H,4-5,8-10,12-13H2,1-2H3,(H,22,23). The van der Waals surface area contributed by atoms with Gasteiger partial charge in [-0.25, -0.2) is 0 Å². The van der Waals surface area contributed by atoms with Gasteiger partial charge in [-0.3, -0.25) is 14.5 Å². The smallest absolute Gasteiger partial charge is 0.317 e. The number of carboxylic acids is 1. The highest BCUT2D eigenvalue weighted by Crippen LogP contribution is 2.19. The van der Waals surface area contributed by atoms with Crippen LogP contribution in [0.2, 0.25) is 0 Å². The second-order valence-corrected chi connectivity index (χ2v) is 6.24. The number of carbonyl (C=O) groups excluding carboxylic acids is 1. The lowest BCUT2D eigenvalue weighted by atomic mass is 10.1. The topological polar surface area (TPSA) is 79.3 Å². The van der Waals surface area contributed by atoms with Gasteiger partial charge in [-0.05, 0) is 38.4 Å². The third-order valence-electron chi connectivity index (χ3n) is 4.46. The maximum Gasteiger partial charge on any atom is 0.317 e. The van der Waals surface area contributed by atoms with Crippen LogP contribution in [0.15, 0.2) is 24.3 Å². The van der Waals surface area contributed by atoms with Gasteiger partial charge in [0.2, 0.25) is 0 Å². The van der Waals surface area contributed by atoms with Crippen LogP contribution >= 0.6 is 0 Å². The predicted octanol–water partition coefficient (Wildman–Crippen LogP) is 1.47. The Labute approximate surface area is 148 Å². The van der Waals surface area contributed by atoms with Crippen molar-refractivity contribution in [3.8, 4) is 11.5 Å². The number of nitrogens with zero attached hydrogens (tertiary/aromatic N) is 2. The lowest BCUT2D eigenvalue weighted by molar-refractivity contribution is -0.138. The van der Waals surface area contributed by atoms with E-state index in [1.807, 2.05) is 24.1 Å². The van der Waals surface area contributed by atoms with Gasteiger partial charge in [-0.15, -0.1) is 0 Å². The zero-order valence-electron chi connectivity index (χ0n) is 14.8. The quantitative estimate of drug-likeness (QED) is 0.802. The van der Waals surface area contributed by atoms with Crippen molar-refractivity contribution in [2.75, 3.05) is 40.4 Å². The Morgan fingerprint density at radius 3 is 2.76 bits per heavy atom. The molecule has 0 saturated carbocycles. The summed E-state index contributed by atoms with van der Waals surface area (Å²) in [5.41, 5.74) is 0. The molecule has 0 aliphatic carbocycles. The zero-order chi connectivity index (χ0) is 18.2. The summed E-state index contributed by atoms with van der Waals surface area (Å²) in [5.74, 6) is 0.404. The average molecular weight is 350 g/mol. The number of aliphatic carboxylic acids is 1. The third-order valence-corrected chi connectivity index (χ3v) is 4.46. The van der Waals surface area contributed by atoms with Crippen LogP contribution in [0.3, 0.4) is 0 Å². The first-order valence-electron chi connectivity index (χ1n) is 8.46. The zero-order valence-corrected chi connectivity index (χ0v) is 14.8. The number of likely N-dealkylation sites (tertiary alicyclic amines) is 1. The van der Waals surface area contributed by atoms with Crippen molar-refractivity contribution in [1.29, 1.82) is 0 Å². The van der Waals surface area contributed by atoms with Crippen LogP contribution in [0.4, 0.5) is 0 Å². The lowest BCUT2D eigenvalue weighted by Gasteiger charge is -2.25. The predicted molar refractivity (Wildman–Crippen MR) is 93.0 cm³/mol. The molecular formula is C18H26N2O5. The molecule has 1 aliphatic heterocycles. The molecule has 1 unspecified atom stereocenters. The SMILES string of the molecule is COc1cccc(OCC(=O)N2CCCC(N(C)CC(=O)O)CC2)c1. The average Bonchev–Trinajstić information content (AvgIpc) is 2.85. The number of hydrogen-bond donors (Lipinski definition) is 1. The molecule has 138 valence electrons. The van der Waals surface area contributed by atoms with Crippen LogP contribution in [-0.4, -0.2) is 73.2 Å². The summed E-state index contributed by atoms with van der Waals surface area (Å²) < 4.78 is 10.7. The summed E-state index contributed by atoms with van der Waals surface area (Å²) in [6, 6.07) is 7.35. The summed E-state index contributed by atoms with van der Waals surface area (Å²) in [7, 11) is 3.40. The molecule has 1 aromatic carbocycles. The van der Waals surface area contributed by atoms with E-state index in [4.69, 9.17) is 14.6 Å². The van der Waals surface area contributed by atoms with Gasteiger partial charge in [0.25, 0.3) is 5.91 Å². The van der Waals surface area contributed by atoms with E-state index in [9.17, 15) is 9.59 Å². The molecule has 1 atom stereocenters. The van der Waals surface area contributed by atoms with Gasteiger partial charge < -0.3 is 19.5 Å². The van der Waals surface area contributed by atoms with Gasteiger partial charge in [0.05, 0.1) is 13.7 Å².